The van der Waals surface area contributed by atoms with E-state index in [1.165, 1.54) is 69.2 Å². The number of piperidine rings is 1. The van der Waals surface area contributed by atoms with Crippen molar-refractivity contribution in [2.75, 3.05) is 13.1 Å². The van der Waals surface area contributed by atoms with E-state index in [0.29, 0.717) is 6.04 Å². The Balaban J connectivity index is 1.40. The second-order valence-electron chi connectivity index (χ2n) is 8.44. The molecule has 1 aliphatic carbocycles. The van der Waals surface area contributed by atoms with Gasteiger partial charge in [-0.05, 0) is 62.7 Å². The molecule has 1 saturated carbocycles. The smallest absolute Gasteiger partial charge is 0.0240 e. The van der Waals surface area contributed by atoms with E-state index in [1.54, 1.807) is 0 Å². The average molecular weight is 363 g/mol. The summed E-state index contributed by atoms with van der Waals surface area (Å²) in [6.07, 6.45) is 9.72. The highest BCUT2D eigenvalue weighted by Gasteiger charge is 2.29. The molecule has 27 heavy (non-hydrogen) atoms. The first kappa shape index (κ1) is 18.7. The molecule has 1 heterocycles. The molecule has 1 aliphatic heterocycles. The van der Waals surface area contributed by atoms with Crippen molar-refractivity contribution in [1.29, 1.82) is 0 Å². The third kappa shape index (κ3) is 5.21. The average Bonchev–Trinajstić information content (AvgIpc) is 2.76. The third-order valence-corrected chi connectivity index (χ3v) is 6.55. The van der Waals surface area contributed by atoms with E-state index in [2.05, 4.69) is 70.5 Å². The van der Waals surface area contributed by atoms with Crippen LogP contribution in [0.15, 0.2) is 60.7 Å². The van der Waals surface area contributed by atoms with Gasteiger partial charge in [0.1, 0.15) is 0 Å². The summed E-state index contributed by atoms with van der Waals surface area (Å²) >= 11 is 0. The number of hydrogen-bond acceptors (Lipinski definition) is 2. The van der Waals surface area contributed by atoms with E-state index in [4.69, 9.17) is 0 Å². The van der Waals surface area contributed by atoms with E-state index in [-0.39, 0.29) is 0 Å². The zero-order valence-corrected chi connectivity index (χ0v) is 16.6. The van der Waals surface area contributed by atoms with Crippen molar-refractivity contribution < 1.29 is 0 Å². The minimum Gasteiger partial charge on any atom is -0.300 e. The second-order valence-corrected chi connectivity index (χ2v) is 8.44. The molecule has 2 fully saturated rings. The fourth-order valence-corrected chi connectivity index (χ4v) is 5.02. The Morgan fingerprint density at radius 1 is 0.667 bits per heavy atom. The van der Waals surface area contributed by atoms with Crippen LogP contribution in [0.1, 0.15) is 56.1 Å². The first-order valence-electron chi connectivity index (χ1n) is 10.9. The maximum Gasteiger partial charge on any atom is 0.0240 e. The van der Waals surface area contributed by atoms with Crippen LogP contribution < -0.4 is 0 Å². The molecule has 2 aliphatic rings. The maximum absolute atomic E-state index is 2.79. The SMILES string of the molecule is c1ccc(CN(Cc2ccccc2)C2CCC(N3CCCCC3)CC2)cc1. The summed E-state index contributed by atoms with van der Waals surface area (Å²) in [4.78, 5) is 5.52. The van der Waals surface area contributed by atoms with Gasteiger partial charge in [0, 0.05) is 25.2 Å². The largest absolute Gasteiger partial charge is 0.300 e. The molecule has 0 amide bonds. The molecule has 0 aromatic heterocycles. The molecule has 0 radical (unpaired) electrons. The number of rotatable bonds is 6. The van der Waals surface area contributed by atoms with Gasteiger partial charge >= 0.3 is 0 Å². The van der Waals surface area contributed by atoms with Crippen LogP contribution in [0.5, 0.6) is 0 Å². The fraction of sp³-hybridized carbons (Fsp3) is 0.520. The molecule has 2 aromatic rings. The van der Waals surface area contributed by atoms with Gasteiger partial charge in [-0.3, -0.25) is 4.90 Å². The van der Waals surface area contributed by atoms with Crippen LogP contribution in [0.25, 0.3) is 0 Å². The summed E-state index contributed by atoms with van der Waals surface area (Å²) in [5, 5.41) is 0. The normalized spacial score (nSPS) is 24.2. The van der Waals surface area contributed by atoms with Crippen LogP contribution in [0, 0.1) is 0 Å². The lowest BCUT2D eigenvalue weighted by molar-refractivity contribution is 0.0762. The molecular weight excluding hydrogens is 328 g/mol. The predicted octanol–water partition coefficient (Wildman–Crippen LogP) is 5.49. The molecule has 1 saturated heterocycles. The zero-order chi connectivity index (χ0) is 18.3. The van der Waals surface area contributed by atoms with E-state index in [1.807, 2.05) is 0 Å². The van der Waals surface area contributed by atoms with Crippen molar-refractivity contribution in [2.24, 2.45) is 0 Å². The molecular formula is C25H34N2. The lowest BCUT2D eigenvalue weighted by Crippen LogP contribution is -2.45. The lowest BCUT2D eigenvalue weighted by Gasteiger charge is -2.42. The van der Waals surface area contributed by atoms with E-state index in [9.17, 15) is 0 Å². The van der Waals surface area contributed by atoms with Crippen molar-refractivity contribution in [3.63, 3.8) is 0 Å². The second kappa shape index (κ2) is 9.52. The van der Waals surface area contributed by atoms with Crippen molar-refractivity contribution >= 4 is 0 Å². The summed E-state index contributed by atoms with van der Waals surface area (Å²) in [7, 11) is 0. The number of nitrogens with zero attached hydrogens (tertiary/aromatic N) is 2. The molecule has 0 unspecified atom stereocenters. The van der Waals surface area contributed by atoms with E-state index < -0.39 is 0 Å². The van der Waals surface area contributed by atoms with Crippen molar-refractivity contribution in [3.8, 4) is 0 Å². The predicted molar refractivity (Wildman–Crippen MR) is 114 cm³/mol. The number of benzene rings is 2. The van der Waals surface area contributed by atoms with Crippen LogP contribution in [0.3, 0.4) is 0 Å². The highest BCUT2D eigenvalue weighted by Crippen LogP contribution is 2.30. The molecule has 144 valence electrons. The van der Waals surface area contributed by atoms with Crippen LogP contribution in [-0.4, -0.2) is 35.0 Å². The molecule has 4 rings (SSSR count). The molecule has 2 nitrogen and oxygen atoms in total. The summed E-state index contributed by atoms with van der Waals surface area (Å²) < 4.78 is 0. The van der Waals surface area contributed by atoms with Gasteiger partial charge in [0.2, 0.25) is 0 Å². The van der Waals surface area contributed by atoms with Crippen molar-refractivity contribution in [3.05, 3.63) is 71.8 Å². The summed E-state index contributed by atoms with van der Waals surface area (Å²) in [5.74, 6) is 0. The molecule has 2 heteroatoms. The molecule has 0 bridgehead atoms. The minimum atomic E-state index is 0.714. The van der Waals surface area contributed by atoms with Gasteiger partial charge in [0.15, 0.2) is 0 Å². The van der Waals surface area contributed by atoms with Crippen LogP contribution in [0.4, 0.5) is 0 Å². The van der Waals surface area contributed by atoms with Gasteiger partial charge in [-0.25, -0.2) is 0 Å². The monoisotopic (exact) mass is 362 g/mol. The summed E-state index contributed by atoms with van der Waals surface area (Å²) in [6, 6.07) is 23.6. The van der Waals surface area contributed by atoms with Gasteiger partial charge in [-0.2, -0.15) is 0 Å². The summed E-state index contributed by atoms with van der Waals surface area (Å²) in [6.45, 7) is 4.81. The van der Waals surface area contributed by atoms with Crippen LogP contribution in [-0.2, 0) is 13.1 Å². The highest BCUT2D eigenvalue weighted by molar-refractivity contribution is 5.17. The maximum atomic E-state index is 2.79. The quantitative estimate of drug-likeness (QED) is 0.671. The Morgan fingerprint density at radius 2 is 1.19 bits per heavy atom. The van der Waals surface area contributed by atoms with Gasteiger partial charge < -0.3 is 4.90 Å². The zero-order valence-electron chi connectivity index (χ0n) is 16.6. The molecule has 0 atom stereocenters. The number of hydrogen-bond donors (Lipinski definition) is 0. The minimum absolute atomic E-state index is 0.714. The van der Waals surface area contributed by atoms with Crippen molar-refractivity contribution in [1.82, 2.24) is 9.80 Å². The molecule has 0 N–H and O–H groups in total. The van der Waals surface area contributed by atoms with Crippen LogP contribution >= 0.6 is 0 Å². The fourth-order valence-electron chi connectivity index (χ4n) is 5.02. The molecule has 2 aromatic carbocycles. The Bertz CT molecular complexity index is 614. The first-order chi connectivity index (χ1) is 13.4. The molecule has 0 spiro atoms. The van der Waals surface area contributed by atoms with Crippen molar-refractivity contribution in [2.45, 2.75) is 70.1 Å². The third-order valence-electron chi connectivity index (χ3n) is 6.55. The Hall–Kier alpha value is -1.64. The number of likely N-dealkylation sites (tertiary alicyclic amines) is 1. The van der Waals surface area contributed by atoms with Crippen LogP contribution in [0.2, 0.25) is 0 Å². The van der Waals surface area contributed by atoms with Gasteiger partial charge in [0.05, 0.1) is 0 Å². The Kier molecular flexibility index (Phi) is 6.60. The summed E-state index contributed by atoms with van der Waals surface area (Å²) in [5.41, 5.74) is 2.87. The first-order valence-corrected chi connectivity index (χ1v) is 10.9. The highest BCUT2D eigenvalue weighted by atomic mass is 15.2. The van der Waals surface area contributed by atoms with E-state index in [0.717, 1.165) is 19.1 Å². The Labute approximate surface area is 165 Å². The van der Waals surface area contributed by atoms with Gasteiger partial charge in [-0.1, -0.05) is 67.1 Å². The van der Waals surface area contributed by atoms with E-state index >= 15 is 0 Å². The van der Waals surface area contributed by atoms with Gasteiger partial charge in [-0.15, -0.1) is 0 Å². The lowest BCUT2D eigenvalue weighted by atomic mass is 9.88. The standard InChI is InChI=1S/C25H34N2/c1-4-10-22(11-5-1)20-27(21-23-12-6-2-7-13-23)25-16-14-24(15-17-25)26-18-8-3-9-19-26/h1-2,4-7,10-13,24-25H,3,8-9,14-21H2. The van der Waals surface area contributed by atoms with Gasteiger partial charge in [0.25, 0.3) is 0 Å². The Morgan fingerprint density at radius 3 is 1.70 bits per heavy atom. The topological polar surface area (TPSA) is 6.48 Å².